The summed E-state index contributed by atoms with van der Waals surface area (Å²) in [4.78, 5) is 0. The number of hydrogen-bond donors (Lipinski definition) is 0. The first-order valence-corrected chi connectivity index (χ1v) is 27.2. The van der Waals surface area contributed by atoms with E-state index in [4.69, 9.17) is 0 Å². The van der Waals surface area contributed by atoms with Crippen molar-refractivity contribution >= 4 is 158 Å². The molecule has 0 unspecified atom stereocenters. The van der Waals surface area contributed by atoms with E-state index in [9.17, 15) is 0 Å². The lowest BCUT2D eigenvalue weighted by Crippen LogP contribution is -2.40. The number of hydrogen-bond acceptors (Lipinski definition) is 0. The molecule has 0 radical (unpaired) electrons. The molecule has 0 heterocycles. The first-order valence-electron chi connectivity index (χ1n) is 25.4. The second-order valence-electron chi connectivity index (χ2n) is 20.1. The summed E-state index contributed by atoms with van der Waals surface area (Å²) in [5, 5.41) is 35.8. The normalized spacial score (nSPS) is 12.4. The fraction of sp³-hybridized carbons (Fsp3) is 0. The number of rotatable bonds is 4. The van der Waals surface area contributed by atoms with Gasteiger partial charge >= 0.3 is 0 Å². The zero-order chi connectivity index (χ0) is 47.8. The van der Waals surface area contributed by atoms with Gasteiger partial charge in [0.05, 0.1) is 0 Å². The molecule has 0 N–H and O–H groups in total. The Morgan fingerprint density at radius 1 is 0.151 bits per heavy atom. The van der Waals surface area contributed by atoms with E-state index in [-0.39, 0.29) is 0 Å². The summed E-state index contributed by atoms with van der Waals surface area (Å²) >= 11 is 0. The Balaban J connectivity index is 1.22. The number of benzene rings is 16. The average Bonchev–Trinajstić information content (AvgIpc) is 3.45. The highest BCUT2D eigenvalue weighted by atomic mass is 31.2. The molecule has 0 saturated carbocycles. The van der Waals surface area contributed by atoms with Crippen LogP contribution in [0.15, 0.2) is 267 Å². The van der Waals surface area contributed by atoms with Gasteiger partial charge in [0.25, 0.3) is 0 Å². The summed E-state index contributed by atoms with van der Waals surface area (Å²) in [6.07, 6.45) is 0. The van der Waals surface area contributed by atoms with Gasteiger partial charge in [0.2, 0.25) is 0 Å². The zero-order valence-corrected chi connectivity index (χ0v) is 40.7. The standard InChI is InChI=1S/C72H44P/c1-5-17-53-41-61-57(37-49(53)13-1)33-29-45-21-9-25-65(69(45)61)73(66-26-10-22-46-30-34-58-38-50-14-2-6-18-54(50)42-62(58)70(46)66,67-27-11-23-47-31-35-59-39-51-15-3-7-19-55(51)43-63(59)71(47)67)68-28-12-24-48-32-36-60-40-52-16-4-8-20-56(52)44-64(60)72(48)68/h1-44H/q+1. The molecule has 16 aromatic rings. The van der Waals surface area contributed by atoms with Gasteiger partial charge in [-0.15, -0.1) is 0 Å². The molecule has 0 saturated heterocycles. The van der Waals surface area contributed by atoms with Gasteiger partial charge in [-0.2, -0.15) is 0 Å². The largest absolute Gasteiger partial charge is 0.147 e. The second-order valence-corrected chi connectivity index (χ2v) is 23.4. The number of fused-ring (bicyclic) bond motifs is 16. The van der Waals surface area contributed by atoms with Gasteiger partial charge in [-0.1, -0.05) is 194 Å². The van der Waals surface area contributed by atoms with E-state index in [1.54, 1.807) is 0 Å². The molecule has 73 heavy (non-hydrogen) atoms. The van der Waals surface area contributed by atoms with Crippen LogP contribution in [0.1, 0.15) is 0 Å². The lowest BCUT2D eigenvalue weighted by Gasteiger charge is -2.32. The maximum Gasteiger partial charge on any atom is 0.147 e. The summed E-state index contributed by atoms with van der Waals surface area (Å²) in [6.45, 7) is 0. The van der Waals surface area contributed by atoms with E-state index in [1.807, 2.05) is 0 Å². The van der Waals surface area contributed by atoms with Gasteiger partial charge < -0.3 is 0 Å². The molecule has 1 heteroatoms. The summed E-state index contributed by atoms with van der Waals surface area (Å²) in [5.74, 6) is 0. The molecule has 0 aliphatic heterocycles. The van der Waals surface area contributed by atoms with Crippen LogP contribution in [-0.4, -0.2) is 0 Å². The third-order valence-corrected chi connectivity index (χ3v) is 20.6. The van der Waals surface area contributed by atoms with Crippen LogP contribution in [-0.2, 0) is 0 Å². The van der Waals surface area contributed by atoms with Crippen LogP contribution in [0.25, 0.3) is 129 Å². The Morgan fingerprint density at radius 3 is 0.575 bits per heavy atom. The van der Waals surface area contributed by atoms with Gasteiger partial charge in [-0.25, -0.2) is 0 Å². The van der Waals surface area contributed by atoms with Crippen LogP contribution in [0.4, 0.5) is 0 Å². The molecule has 0 aliphatic rings. The Morgan fingerprint density at radius 2 is 0.342 bits per heavy atom. The minimum atomic E-state index is -3.15. The van der Waals surface area contributed by atoms with Gasteiger partial charge in [0, 0.05) is 21.5 Å². The summed E-state index contributed by atoms with van der Waals surface area (Å²) < 4.78 is 0. The van der Waals surface area contributed by atoms with Crippen LogP contribution in [0.5, 0.6) is 0 Å². The Labute approximate surface area is 422 Å². The van der Waals surface area contributed by atoms with Crippen molar-refractivity contribution in [1.29, 1.82) is 0 Å². The summed E-state index contributed by atoms with van der Waals surface area (Å²) in [7, 11) is -3.15. The quantitative estimate of drug-likeness (QED) is 0.0937. The highest BCUT2D eigenvalue weighted by molar-refractivity contribution is 8.03. The van der Waals surface area contributed by atoms with Crippen molar-refractivity contribution in [2.75, 3.05) is 0 Å². The Bertz CT molecular complexity index is 4400. The average molecular weight is 940 g/mol. The van der Waals surface area contributed by atoms with E-state index in [0.717, 1.165) is 0 Å². The molecule has 0 bridgehead atoms. The third-order valence-electron chi connectivity index (χ3n) is 16.3. The van der Waals surface area contributed by atoms with Crippen molar-refractivity contribution in [3.8, 4) is 0 Å². The lowest BCUT2D eigenvalue weighted by molar-refractivity contribution is 1.77. The molecular weight excluding hydrogens is 896 g/mol. The van der Waals surface area contributed by atoms with Crippen LogP contribution < -0.4 is 21.2 Å². The first-order chi connectivity index (χ1) is 36.2. The second kappa shape index (κ2) is 15.5. The SMILES string of the molecule is c1ccc2cc3c(ccc4cccc([P+](c5cccc6ccc7cc8ccccc8cc7c56)(c5cccc6ccc7cc8ccccc8cc7c56)c5cccc6ccc7cc8ccccc8cc7c56)c43)cc2c1. The zero-order valence-electron chi connectivity index (χ0n) is 39.9. The fourth-order valence-corrected chi connectivity index (χ4v) is 18.2. The van der Waals surface area contributed by atoms with Crippen molar-refractivity contribution in [2.24, 2.45) is 0 Å². The molecule has 0 aliphatic carbocycles. The molecule has 0 nitrogen and oxygen atoms in total. The topological polar surface area (TPSA) is 0 Å². The first kappa shape index (κ1) is 40.8. The maximum absolute atomic E-state index is 3.15. The van der Waals surface area contributed by atoms with E-state index in [1.165, 1.54) is 150 Å². The van der Waals surface area contributed by atoms with E-state index < -0.39 is 7.26 Å². The van der Waals surface area contributed by atoms with Crippen LogP contribution in [0.2, 0.25) is 0 Å². The van der Waals surface area contributed by atoms with Gasteiger partial charge in [0.15, 0.2) is 0 Å². The maximum atomic E-state index is 2.53. The van der Waals surface area contributed by atoms with Crippen molar-refractivity contribution in [3.63, 3.8) is 0 Å². The van der Waals surface area contributed by atoms with E-state index in [2.05, 4.69) is 267 Å². The highest BCUT2D eigenvalue weighted by Gasteiger charge is 2.53. The van der Waals surface area contributed by atoms with Gasteiger partial charge in [-0.3, -0.25) is 0 Å². The predicted octanol–water partition coefficient (Wildman–Crippen LogP) is 18.1. The molecule has 336 valence electrons. The molecule has 0 spiro atoms. The van der Waals surface area contributed by atoms with Gasteiger partial charge in [-0.05, 0) is 181 Å². The van der Waals surface area contributed by atoms with Crippen molar-refractivity contribution < 1.29 is 0 Å². The third kappa shape index (κ3) is 5.94. The van der Waals surface area contributed by atoms with Crippen LogP contribution in [0, 0.1) is 0 Å². The molecule has 0 aromatic heterocycles. The van der Waals surface area contributed by atoms with Crippen molar-refractivity contribution in [1.82, 2.24) is 0 Å². The fourth-order valence-electron chi connectivity index (χ4n) is 13.0. The van der Waals surface area contributed by atoms with Gasteiger partial charge in [0.1, 0.15) is 28.5 Å². The van der Waals surface area contributed by atoms with E-state index >= 15 is 0 Å². The molecular formula is C72H44P+. The van der Waals surface area contributed by atoms with Crippen LogP contribution >= 0.6 is 7.26 Å². The van der Waals surface area contributed by atoms with E-state index in [0.29, 0.717) is 0 Å². The van der Waals surface area contributed by atoms with Crippen molar-refractivity contribution in [3.05, 3.63) is 267 Å². The minimum Gasteiger partial charge on any atom is -0.0616 e. The highest BCUT2D eigenvalue weighted by Crippen LogP contribution is 2.61. The lowest BCUT2D eigenvalue weighted by atomic mass is 9.98. The molecule has 0 amide bonds. The monoisotopic (exact) mass is 939 g/mol. The van der Waals surface area contributed by atoms with Crippen LogP contribution in [0.3, 0.4) is 0 Å². The Hall–Kier alpha value is -8.93. The molecule has 16 rings (SSSR count). The molecule has 0 atom stereocenters. The predicted molar refractivity (Wildman–Crippen MR) is 321 cm³/mol. The smallest absolute Gasteiger partial charge is 0.0616 e. The molecule has 16 aromatic carbocycles. The summed E-state index contributed by atoms with van der Waals surface area (Å²) in [5.41, 5.74) is 0. The van der Waals surface area contributed by atoms with Crippen molar-refractivity contribution in [2.45, 2.75) is 0 Å². The molecule has 0 fully saturated rings. The Kier molecular flexibility index (Phi) is 8.67. The summed E-state index contributed by atoms with van der Waals surface area (Å²) in [6, 6.07) is 103. The minimum absolute atomic E-state index is 1.24.